The SMILES string of the molecule is CCN(CC)C(=O)CSc1nc(-c2ccc(OC)cc2)nc2c1Cc1cc(Cl)ccc1O2. The summed E-state index contributed by atoms with van der Waals surface area (Å²) in [6.45, 7) is 5.33. The van der Waals surface area contributed by atoms with Gasteiger partial charge < -0.3 is 14.4 Å². The number of halogens is 1. The second-order valence-corrected chi connectivity index (χ2v) is 8.65. The van der Waals surface area contributed by atoms with Gasteiger partial charge in [-0.3, -0.25) is 4.79 Å². The van der Waals surface area contributed by atoms with Gasteiger partial charge in [-0.15, -0.1) is 0 Å². The first-order chi connectivity index (χ1) is 15.5. The van der Waals surface area contributed by atoms with Crippen molar-refractivity contribution in [1.82, 2.24) is 14.9 Å². The molecule has 2 heterocycles. The van der Waals surface area contributed by atoms with Crippen LogP contribution in [0.4, 0.5) is 0 Å². The highest BCUT2D eigenvalue weighted by Gasteiger charge is 2.25. The molecule has 0 bridgehead atoms. The first-order valence-corrected chi connectivity index (χ1v) is 11.8. The van der Waals surface area contributed by atoms with Gasteiger partial charge in [0.2, 0.25) is 11.8 Å². The molecule has 0 N–H and O–H groups in total. The molecule has 32 heavy (non-hydrogen) atoms. The van der Waals surface area contributed by atoms with Gasteiger partial charge >= 0.3 is 0 Å². The van der Waals surface area contributed by atoms with E-state index in [4.69, 9.17) is 31.0 Å². The minimum atomic E-state index is 0.0820. The second-order valence-electron chi connectivity index (χ2n) is 7.25. The van der Waals surface area contributed by atoms with Gasteiger partial charge in [0.1, 0.15) is 16.5 Å². The van der Waals surface area contributed by atoms with E-state index in [0.29, 0.717) is 42.0 Å². The number of methoxy groups -OCH3 is 1. The Kier molecular flexibility index (Phi) is 6.86. The zero-order chi connectivity index (χ0) is 22.7. The summed E-state index contributed by atoms with van der Waals surface area (Å²) < 4.78 is 11.4. The van der Waals surface area contributed by atoms with Crippen molar-refractivity contribution in [3.63, 3.8) is 0 Å². The molecule has 1 aliphatic heterocycles. The molecule has 0 saturated heterocycles. The van der Waals surface area contributed by atoms with Crippen LogP contribution in [0.25, 0.3) is 11.4 Å². The monoisotopic (exact) mass is 469 g/mol. The number of thioether (sulfide) groups is 1. The van der Waals surface area contributed by atoms with Crippen molar-refractivity contribution in [2.45, 2.75) is 25.3 Å². The van der Waals surface area contributed by atoms with Crippen LogP contribution in [0.3, 0.4) is 0 Å². The van der Waals surface area contributed by atoms with Crippen molar-refractivity contribution in [2.24, 2.45) is 0 Å². The third-order valence-corrected chi connectivity index (χ3v) is 6.56. The minimum absolute atomic E-state index is 0.0820. The molecule has 3 aromatic rings. The molecule has 8 heteroatoms. The molecule has 1 aromatic heterocycles. The Morgan fingerprint density at radius 3 is 2.59 bits per heavy atom. The maximum Gasteiger partial charge on any atom is 0.232 e. The number of carbonyl (C=O) groups excluding carboxylic acids is 1. The van der Waals surface area contributed by atoms with Crippen molar-refractivity contribution in [3.8, 4) is 28.8 Å². The number of aromatic nitrogens is 2. The van der Waals surface area contributed by atoms with Gasteiger partial charge in [-0.25, -0.2) is 4.98 Å². The number of amides is 1. The molecule has 0 saturated carbocycles. The van der Waals surface area contributed by atoms with Crippen LogP contribution in [0.5, 0.6) is 17.4 Å². The molecular weight excluding hydrogens is 446 g/mol. The molecular formula is C24H24ClN3O3S. The Hall–Kier alpha value is -2.77. The topological polar surface area (TPSA) is 64.6 Å². The number of hydrogen-bond donors (Lipinski definition) is 0. The Morgan fingerprint density at radius 1 is 1.16 bits per heavy atom. The molecule has 1 amide bonds. The zero-order valence-corrected chi connectivity index (χ0v) is 19.8. The van der Waals surface area contributed by atoms with Crippen molar-refractivity contribution in [1.29, 1.82) is 0 Å². The smallest absolute Gasteiger partial charge is 0.232 e. The summed E-state index contributed by atoms with van der Waals surface area (Å²) in [5, 5.41) is 1.39. The number of rotatable bonds is 7. The molecule has 0 spiro atoms. The van der Waals surface area contributed by atoms with Gasteiger partial charge in [-0.1, -0.05) is 23.4 Å². The Morgan fingerprint density at radius 2 is 1.91 bits per heavy atom. The largest absolute Gasteiger partial charge is 0.497 e. The van der Waals surface area contributed by atoms with Gasteiger partial charge in [0.05, 0.1) is 18.4 Å². The van der Waals surface area contributed by atoms with E-state index in [1.165, 1.54) is 11.8 Å². The highest BCUT2D eigenvalue weighted by Crippen LogP contribution is 2.41. The van der Waals surface area contributed by atoms with Crippen LogP contribution in [-0.2, 0) is 11.2 Å². The lowest BCUT2D eigenvalue weighted by atomic mass is 10.0. The number of hydrogen-bond acceptors (Lipinski definition) is 6. The van der Waals surface area contributed by atoms with Crippen LogP contribution < -0.4 is 9.47 Å². The average Bonchev–Trinajstić information content (AvgIpc) is 2.82. The summed E-state index contributed by atoms with van der Waals surface area (Å²) in [5.41, 5.74) is 2.69. The van der Waals surface area contributed by atoms with Crippen LogP contribution in [0.2, 0.25) is 5.02 Å². The van der Waals surface area contributed by atoms with Gasteiger partial charge in [0, 0.05) is 35.7 Å². The lowest BCUT2D eigenvalue weighted by Gasteiger charge is -2.22. The first kappa shape index (κ1) is 22.4. The molecule has 4 rings (SSSR count). The fourth-order valence-electron chi connectivity index (χ4n) is 3.55. The molecule has 166 valence electrons. The number of benzene rings is 2. The highest BCUT2D eigenvalue weighted by molar-refractivity contribution is 7.99. The molecule has 6 nitrogen and oxygen atoms in total. The maximum absolute atomic E-state index is 12.6. The highest BCUT2D eigenvalue weighted by atomic mass is 35.5. The van der Waals surface area contributed by atoms with E-state index < -0.39 is 0 Å². The van der Waals surface area contributed by atoms with Crippen molar-refractivity contribution < 1.29 is 14.3 Å². The minimum Gasteiger partial charge on any atom is -0.497 e. The summed E-state index contributed by atoms with van der Waals surface area (Å²) in [6.07, 6.45) is 0.593. The molecule has 0 aliphatic carbocycles. The molecule has 0 unspecified atom stereocenters. The first-order valence-electron chi connectivity index (χ1n) is 10.4. The van der Waals surface area contributed by atoms with Crippen molar-refractivity contribution in [2.75, 3.05) is 26.0 Å². The molecule has 0 fully saturated rings. The van der Waals surface area contributed by atoms with Gasteiger partial charge in [-0.05, 0) is 56.3 Å². The zero-order valence-electron chi connectivity index (χ0n) is 18.2. The van der Waals surface area contributed by atoms with Crippen LogP contribution in [0.15, 0.2) is 47.5 Å². The van der Waals surface area contributed by atoms with E-state index in [1.54, 1.807) is 13.2 Å². The number of fused-ring (bicyclic) bond motifs is 2. The second kappa shape index (κ2) is 9.79. The van der Waals surface area contributed by atoms with E-state index >= 15 is 0 Å². The summed E-state index contributed by atoms with van der Waals surface area (Å²) in [5.74, 6) is 2.93. The van der Waals surface area contributed by atoms with Gasteiger partial charge in [0.25, 0.3) is 0 Å². The van der Waals surface area contributed by atoms with Gasteiger partial charge in [0.15, 0.2) is 5.82 Å². The summed E-state index contributed by atoms with van der Waals surface area (Å²) in [4.78, 5) is 23.9. The van der Waals surface area contributed by atoms with E-state index in [9.17, 15) is 4.79 Å². The van der Waals surface area contributed by atoms with Crippen LogP contribution in [0.1, 0.15) is 25.0 Å². The van der Waals surface area contributed by atoms with Gasteiger partial charge in [-0.2, -0.15) is 4.98 Å². The van der Waals surface area contributed by atoms with E-state index in [0.717, 1.165) is 33.2 Å². The third kappa shape index (κ3) is 4.69. The Bertz CT molecular complexity index is 1130. The van der Waals surface area contributed by atoms with Crippen LogP contribution in [0, 0.1) is 0 Å². The Balaban J connectivity index is 1.71. The predicted molar refractivity (Wildman–Crippen MR) is 127 cm³/mol. The van der Waals surface area contributed by atoms with E-state index in [-0.39, 0.29) is 5.91 Å². The molecule has 1 aliphatic rings. The third-order valence-electron chi connectivity index (χ3n) is 5.32. The summed E-state index contributed by atoms with van der Waals surface area (Å²) >= 11 is 7.61. The molecule has 0 radical (unpaired) electrons. The normalized spacial score (nSPS) is 11.9. The lowest BCUT2D eigenvalue weighted by Crippen LogP contribution is -2.31. The van der Waals surface area contributed by atoms with Crippen molar-refractivity contribution >= 4 is 29.3 Å². The predicted octanol–water partition coefficient (Wildman–Crippen LogP) is 5.46. The standard InChI is InChI=1S/C24H24ClN3O3S/c1-4-28(5-2)21(29)14-32-24-19-13-16-12-17(25)8-11-20(16)31-23(19)26-22(27-24)15-6-9-18(30-3)10-7-15/h6-12H,4-5,13-14H2,1-3H3. The number of ether oxygens (including phenoxy) is 2. The Labute approximate surface area is 196 Å². The summed E-state index contributed by atoms with van der Waals surface area (Å²) in [6, 6.07) is 13.1. The molecule has 2 aromatic carbocycles. The van der Waals surface area contributed by atoms with E-state index in [2.05, 4.69) is 0 Å². The maximum atomic E-state index is 12.6. The van der Waals surface area contributed by atoms with Crippen molar-refractivity contribution in [3.05, 3.63) is 58.6 Å². The fourth-order valence-corrected chi connectivity index (χ4v) is 4.67. The summed E-state index contributed by atoms with van der Waals surface area (Å²) in [7, 11) is 1.63. The van der Waals surface area contributed by atoms with Crippen LogP contribution >= 0.6 is 23.4 Å². The van der Waals surface area contributed by atoms with E-state index in [1.807, 2.05) is 55.1 Å². The number of nitrogens with zero attached hydrogens (tertiary/aromatic N) is 3. The fraction of sp³-hybridized carbons (Fsp3) is 0.292. The number of carbonyl (C=O) groups is 1. The quantitative estimate of drug-likeness (QED) is 0.264. The average molecular weight is 470 g/mol. The lowest BCUT2D eigenvalue weighted by molar-refractivity contribution is -0.127. The van der Waals surface area contributed by atoms with Crippen LogP contribution in [-0.4, -0.2) is 46.7 Å². The molecule has 0 atom stereocenters.